The molecule has 0 radical (unpaired) electrons. The monoisotopic (exact) mass is 248 g/mol. The van der Waals surface area contributed by atoms with Crippen LogP contribution in [0.5, 0.6) is 0 Å². The van der Waals surface area contributed by atoms with E-state index in [9.17, 15) is 0 Å². The molecule has 0 saturated heterocycles. The lowest BCUT2D eigenvalue weighted by atomic mass is 9.90. The van der Waals surface area contributed by atoms with Gasteiger partial charge in [-0.05, 0) is 6.42 Å². The van der Waals surface area contributed by atoms with Gasteiger partial charge in [0.1, 0.15) is 5.15 Å². The molecule has 0 spiro atoms. The van der Waals surface area contributed by atoms with Crippen LogP contribution in [0, 0.1) is 0 Å². The fraction of sp³-hybridized carbons (Fsp3) is 0.727. The van der Waals surface area contributed by atoms with Crippen LogP contribution in [0.25, 0.3) is 0 Å². The van der Waals surface area contributed by atoms with E-state index in [0.29, 0.717) is 11.0 Å². The zero-order chi connectivity index (χ0) is 11.6. The lowest BCUT2D eigenvalue weighted by molar-refractivity contribution is 0.527. The quantitative estimate of drug-likeness (QED) is 0.741. The molecule has 4 heteroatoms. The van der Waals surface area contributed by atoms with E-state index in [1.54, 1.807) is 0 Å². The highest BCUT2D eigenvalue weighted by atomic mass is 35.5. The van der Waals surface area contributed by atoms with Gasteiger partial charge in [-0.3, -0.25) is 4.68 Å². The SMILES string of the molecule is CCCn1nc(C(C)(C)C)c(CCl)c1Cl. The van der Waals surface area contributed by atoms with Crippen molar-refractivity contribution >= 4 is 23.2 Å². The molecule has 0 unspecified atom stereocenters. The predicted octanol–water partition coefficient (Wildman–Crippen LogP) is 3.98. The van der Waals surface area contributed by atoms with Crippen molar-refractivity contribution < 1.29 is 0 Å². The highest BCUT2D eigenvalue weighted by Crippen LogP contribution is 2.31. The Hall–Kier alpha value is -0.210. The Balaban J connectivity index is 3.22. The number of hydrogen-bond acceptors (Lipinski definition) is 1. The van der Waals surface area contributed by atoms with Crippen molar-refractivity contribution in [2.75, 3.05) is 0 Å². The summed E-state index contributed by atoms with van der Waals surface area (Å²) in [5.74, 6) is 0.426. The Morgan fingerprint density at radius 1 is 1.33 bits per heavy atom. The van der Waals surface area contributed by atoms with Crippen LogP contribution in [0.4, 0.5) is 0 Å². The third-order valence-electron chi connectivity index (χ3n) is 2.26. The Labute approximate surface area is 102 Å². The molecule has 0 aliphatic carbocycles. The molecule has 1 aromatic heterocycles. The molecule has 0 amide bonds. The smallest absolute Gasteiger partial charge is 0.131 e. The highest BCUT2D eigenvalue weighted by molar-refractivity contribution is 6.31. The minimum absolute atomic E-state index is 0.00709. The van der Waals surface area contributed by atoms with Crippen LogP contribution in [0.15, 0.2) is 0 Å². The van der Waals surface area contributed by atoms with Crippen LogP contribution >= 0.6 is 23.2 Å². The molecule has 0 N–H and O–H groups in total. The van der Waals surface area contributed by atoms with Gasteiger partial charge >= 0.3 is 0 Å². The fourth-order valence-electron chi connectivity index (χ4n) is 1.56. The summed E-state index contributed by atoms with van der Waals surface area (Å²) in [4.78, 5) is 0. The third-order valence-corrected chi connectivity index (χ3v) is 2.95. The second kappa shape index (κ2) is 4.75. The van der Waals surface area contributed by atoms with Crippen molar-refractivity contribution in [1.29, 1.82) is 0 Å². The standard InChI is InChI=1S/C11H18Cl2N2/c1-5-6-15-10(13)8(7-12)9(14-15)11(2,3)4/h5-7H2,1-4H3. The molecule has 0 atom stereocenters. The summed E-state index contributed by atoms with van der Waals surface area (Å²) in [5.41, 5.74) is 1.97. The van der Waals surface area contributed by atoms with Gasteiger partial charge in [0.05, 0.1) is 11.6 Å². The maximum atomic E-state index is 6.23. The molecule has 86 valence electrons. The normalized spacial score (nSPS) is 12.1. The minimum atomic E-state index is -0.00709. The number of aryl methyl sites for hydroxylation is 1. The summed E-state index contributed by atoms with van der Waals surface area (Å²) < 4.78 is 1.85. The maximum absolute atomic E-state index is 6.23. The molecule has 0 aliphatic heterocycles. The number of aromatic nitrogens is 2. The zero-order valence-corrected chi connectivity index (χ0v) is 11.3. The third kappa shape index (κ3) is 2.67. The molecule has 0 saturated carbocycles. The number of hydrogen-bond donors (Lipinski definition) is 0. The van der Waals surface area contributed by atoms with Gasteiger partial charge in [-0.2, -0.15) is 5.10 Å². The molecule has 0 aromatic carbocycles. The van der Waals surface area contributed by atoms with Crippen molar-refractivity contribution in [2.24, 2.45) is 0 Å². The maximum Gasteiger partial charge on any atom is 0.131 e. The van der Waals surface area contributed by atoms with E-state index in [4.69, 9.17) is 23.2 Å². The van der Waals surface area contributed by atoms with E-state index in [-0.39, 0.29) is 5.41 Å². The second-order valence-corrected chi connectivity index (χ2v) is 5.35. The Morgan fingerprint density at radius 2 is 1.93 bits per heavy atom. The van der Waals surface area contributed by atoms with Crippen LogP contribution in [0.2, 0.25) is 5.15 Å². The molecule has 1 rings (SSSR count). The van der Waals surface area contributed by atoms with E-state index in [0.717, 1.165) is 24.2 Å². The first-order valence-electron chi connectivity index (χ1n) is 5.23. The van der Waals surface area contributed by atoms with Crippen LogP contribution in [0.1, 0.15) is 45.4 Å². The highest BCUT2D eigenvalue weighted by Gasteiger charge is 2.25. The largest absolute Gasteiger partial charge is 0.253 e. The van der Waals surface area contributed by atoms with Crippen LogP contribution in [-0.4, -0.2) is 9.78 Å². The summed E-state index contributed by atoms with van der Waals surface area (Å²) in [6, 6.07) is 0. The Morgan fingerprint density at radius 3 is 2.27 bits per heavy atom. The second-order valence-electron chi connectivity index (χ2n) is 4.72. The van der Waals surface area contributed by atoms with Crippen molar-refractivity contribution in [2.45, 2.75) is 52.0 Å². The molecular formula is C11H18Cl2N2. The first-order valence-corrected chi connectivity index (χ1v) is 6.14. The zero-order valence-electron chi connectivity index (χ0n) is 9.77. The van der Waals surface area contributed by atoms with E-state index >= 15 is 0 Å². The Kier molecular flexibility index (Phi) is 4.07. The van der Waals surface area contributed by atoms with Gasteiger partial charge in [0.2, 0.25) is 0 Å². The van der Waals surface area contributed by atoms with Gasteiger partial charge in [0, 0.05) is 17.5 Å². The van der Waals surface area contributed by atoms with Crippen molar-refractivity contribution in [3.63, 3.8) is 0 Å². The molecule has 0 aliphatic rings. The minimum Gasteiger partial charge on any atom is -0.253 e. The van der Waals surface area contributed by atoms with Gasteiger partial charge in [-0.15, -0.1) is 11.6 Å². The van der Waals surface area contributed by atoms with Crippen LogP contribution in [-0.2, 0) is 17.8 Å². The molecule has 15 heavy (non-hydrogen) atoms. The summed E-state index contributed by atoms with van der Waals surface area (Å²) in [5, 5.41) is 5.23. The number of rotatable bonds is 3. The van der Waals surface area contributed by atoms with Gasteiger partial charge in [-0.25, -0.2) is 0 Å². The number of nitrogens with zero attached hydrogens (tertiary/aromatic N) is 2. The van der Waals surface area contributed by atoms with Gasteiger partial charge < -0.3 is 0 Å². The summed E-state index contributed by atoms with van der Waals surface area (Å²) in [6.07, 6.45) is 1.02. The first-order chi connectivity index (χ1) is 6.91. The first kappa shape index (κ1) is 12.9. The average Bonchev–Trinajstić information content (AvgIpc) is 2.44. The fourth-order valence-corrected chi connectivity index (χ4v) is 2.16. The number of alkyl halides is 1. The Bertz CT molecular complexity index is 337. The van der Waals surface area contributed by atoms with Gasteiger partial charge in [0.25, 0.3) is 0 Å². The summed E-state index contributed by atoms with van der Waals surface area (Å²) in [6.45, 7) is 9.32. The molecular weight excluding hydrogens is 231 g/mol. The van der Waals surface area contributed by atoms with Crippen LogP contribution in [0.3, 0.4) is 0 Å². The van der Waals surface area contributed by atoms with E-state index < -0.39 is 0 Å². The van der Waals surface area contributed by atoms with Crippen LogP contribution < -0.4 is 0 Å². The molecule has 2 nitrogen and oxygen atoms in total. The summed E-state index contributed by atoms with van der Waals surface area (Å²) in [7, 11) is 0. The molecule has 0 fully saturated rings. The van der Waals surface area contributed by atoms with Gasteiger partial charge in [-0.1, -0.05) is 39.3 Å². The van der Waals surface area contributed by atoms with Crippen molar-refractivity contribution in [3.05, 3.63) is 16.4 Å². The molecule has 0 bridgehead atoms. The average molecular weight is 249 g/mol. The van der Waals surface area contributed by atoms with E-state index in [2.05, 4.69) is 32.8 Å². The van der Waals surface area contributed by atoms with Crippen molar-refractivity contribution in [3.8, 4) is 0 Å². The topological polar surface area (TPSA) is 17.8 Å². The predicted molar refractivity (Wildman–Crippen MR) is 65.8 cm³/mol. The summed E-state index contributed by atoms with van der Waals surface area (Å²) >= 11 is 12.1. The number of halogens is 2. The van der Waals surface area contributed by atoms with E-state index in [1.807, 2.05) is 4.68 Å². The lowest BCUT2D eigenvalue weighted by Crippen LogP contribution is -2.14. The van der Waals surface area contributed by atoms with Gasteiger partial charge in [0.15, 0.2) is 0 Å². The lowest BCUT2D eigenvalue weighted by Gasteiger charge is -2.16. The van der Waals surface area contributed by atoms with Crippen molar-refractivity contribution in [1.82, 2.24) is 9.78 Å². The molecule has 1 aromatic rings. The molecule has 1 heterocycles. The van der Waals surface area contributed by atoms with E-state index in [1.165, 1.54) is 0 Å².